The number of anilines is 1. The van der Waals surface area contributed by atoms with Gasteiger partial charge in [0.2, 0.25) is 17.6 Å². The third kappa shape index (κ3) is 8.90. The molecule has 4 N–H and O–H groups in total. The first-order chi connectivity index (χ1) is 26.0. The number of Topliss-reactive ketones (excluding diaryl/α,β-unsaturated/α-hetero) is 1. The summed E-state index contributed by atoms with van der Waals surface area (Å²) in [4.78, 5) is 52.6. The average Bonchev–Trinajstić information content (AvgIpc) is 3.46. The maximum atomic E-state index is 13.8. The fraction of sp³-hybridized carbons (Fsp3) is 0.415. The van der Waals surface area contributed by atoms with Crippen LogP contribution in [0, 0.1) is 0 Å². The van der Waals surface area contributed by atoms with Crippen molar-refractivity contribution < 1.29 is 53.1 Å². The number of cyclic esters (lactones) is 1. The van der Waals surface area contributed by atoms with Crippen molar-refractivity contribution in [1.82, 2.24) is 5.32 Å². The smallest absolute Gasteiger partial charge is 0.342 e. The topological polar surface area (TPSA) is 179 Å². The number of amides is 2. The van der Waals surface area contributed by atoms with Gasteiger partial charge in [0.15, 0.2) is 11.5 Å². The zero-order valence-corrected chi connectivity index (χ0v) is 31.3. The number of hydrogen-bond donors (Lipinski definition) is 4. The van der Waals surface area contributed by atoms with Crippen LogP contribution in [0.2, 0.25) is 0 Å². The molecule has 3 aromatic rings. The molecule has 3 aromatic carbocycles. The molecule has 0 bridgehead atoms. The van der Waals surface area contributed by atoms with E-state index in [-0.39, 0.29) is 58.6 Å². The summed E-state index contributed by atoms with van der Waals surface area (Å²) < 4.78 is 27.8. The van der Waals surface area contributed by atoms with Crippen molar-refractivity contribution in [2.75, 3.05) is 40.3 Å². The molecule has 288 valence electrons. The molecular weight excluding hydrogens is 696 g/mol. The lowest BCUT2D eigenvalue weighted by Crippen LogP contribution is -2.28. The van der Waals surface area contributed by atoms with Gasteiger partial charge >= 0.3 is 5.97 Å². The van der Waals surface area contributed by atoms with Crippen molar-refractivity contribution in [3.8, 4) is 34.5 Å². The number of allylic oxidation sites excluding steroid dienone is 1. The van der Waals surface area contributed by atoms with Gasteiger partial charge in [-0.3, -0.25) is 14.4 Å². The Labute approximate surface area is 314 Å². The summed E-state index contributed by atoms with van der Waals surface area (Å²) in [6, 6.07) is 9.91. The van der Waals surface area contributed by atoms with Crippen molar-refractivity contribution in [2.24, 2.45) is 0 Å². The number of ketones is 1. The van der Waals surface area contributed by atoms with Crippen molar-refractivity contribution in [3.05, 3.63) is 70.3 Å². The Kier molecular flexibility index (Phi) is 13.1. The fourth-order valence-corrected chi connectivity index (χ4v) is 7.04. The van der Waals surface area contributed by atoms with Crippen LogP contribution in [0.4, 0.5) is 5.69 Å². The first-order valence-corrected chi connectivity index (χ1v) is 18.0. The minimum Gasteiger partial charge on any atom is -0.507 e. The average molecular weight is 745 g/mol. The third-order valence-electron chi connectivity index (χ3n) is 9.84. The minimum absolute atomic E-state index is 0.0842. The lowest BCUT2D eigenvalue weighted by molar-refractivity contribution is -0.122. The number of hydrogen-bond acceptors (Lipinski definition) is 11. The lowest BCUT2D eigenvalue weighted by Gasteiger charge is -2.24. The molecule has 2 aliphatic heterocycles. The van der Waals surface area contributed by atoms with Crippen molar-refractivity contribution in [2.45, 2.75) is 76.2 Å². The van der Waals surface area contributed by atoms with E-state index < -0.39 is 35.6 Å². The molecule has 13 heteroatoms. The third-order valence-corrected chi connectivity index (χ3v) is 9.84. The number of aromatic hydroxyl groups is 2. The molecule has 54 heavy (non-hydrogen) atoms. The Morgan fingerprint density at radius 1 is 0.963 bits per heavy atom. The van der Waals surface area contributed by atoms with Gasteiger partial charge in [0.25, 0.3) is 0 Å². The summed E-state index contributed by atoms with van der Waals surface area (Å²) in [5, 5.41) is 29.3. The first kappa shape index (κ1) is 39.5. The highest BCUT2D eigenvalue weighted by molar-refractivity contribution is 6.03. The monoisotopic (exact) mass is 744 g/mol. The standard InChI is InChI=1S/C41H48N2O11/c1-23-10-9-13-26(44)12-8-6-7-11-24-18-32(45)37(38(47)36(24)41(49)54-23)29(25-19-33(51-3)39(53-5)34(20-25)52-4)22-35(46)42-17-16-28-30-21-27(50-2)14-15-31(30)43-40(28)48/h7,11,14-15,18-21,23,28-29,45,47H,6,8-10,12-13,16-17,22H2,1-5H3,(H,42,46)(H,43,48). The van der Waals surface area contributed by atoms with E-state index in [1.54, 1.807) is 56.5 Å². The fourth-order valence-electron chi connectivity index (χ4n) is 7.04. The maximum Gasteiger partial charge on any atom is 0.342 e. The second kappa shape index (κ2) is 17.9. The Morgan fingerprint density at radius 2 is 1.69 bits per heavy atom. The number of esters is 1. The van der Waals surface area contributed by atoms with Crippen molar-refractivity contribution in [1.29, 1.82) is 0 Å². The Hall–Kier alpha value is -5.72. The molecule has 0 aliphatic carbocycles. The number of fused-ring (bicyclic) bond motifs is 2. The van der Waals surface area contributed by atoms with Crippen LogP contribution >= 0.6 is 0 Å². The lowest BCUT2D eigenvalue weighted by atomic mass is 9.84. The van der Waals surface area contributed by atoms with Crippen LogP contribution in [0.5, 0.6) is 34.5 Å². The highest BCUT2D eigenvalue weighted by atomic mass is 16.5. The summed E-state index contributed by atoms with van der Waals surface area (Å²) in [6.45, 7) is 1.85. The number of nitrogens with one attached hydrogen (secondary N) is 2. The summed E-state index contributed by atoms with van der Waals surface area (Å²) in [7, 11) is 5.88. The van der Waals surface area contributed by atoms with Crippen LogP contribution in [0.25, 0.3) is 6.08 Å². The first-order valence-electron chi connectivity index (χ1n) is 18.0. The summed E-state index contributed by atoms with van der Waals surface area (Å²) in [5.74, 6) is -2.35. The molecular formula is C41H48N2O11. The summed E-state index contributed by atoms with van der Waals surface area (Å²) >= 11 is 0. The quantitative estimate of drug-likeness (QED) is 0.160. The Balaban J connectivity index is 1.52. The Bertz CT molecular complexity index is 1900. The molecule has 0 saturated carbocycles. The zero-order chi connectivity index (χ0) is 38.9. The van der Waals surface area contributed by atoms with Crippen molar-refractivity contribution in [3.63, 3.8) is 0 Å². The van der Waals surface area contributed by atoms with E-state index in [2.05, 4.69) is 10.6 Å². The maximum absolute atomic E-state index is 13.8. The van der Waals surface area contributed by atoms with E-state index in [0.717, 1.165) is 5.56 Å². The normalized spacial score (nSPS) is 18.0. The van der Waals surface area contributed by atoms with Gasteiger partial charge in [0, 0.05) is 43.0 Å². The molecule has 5 rings (SSSR count). The van der Waals surface area contributed by atoms with Gasteiger partial charge < -0.3 is 44.5 Å². The van der Waals surface area contributed by atoms with Gasteiger partial charge in [-0.1, -0.05) is 12.2 Å². The molecule has 2 amide bonds. The van der Waals surface area contributed by atoms with Gasteiger partial charge in [-0.25, -0.2) is 4.79 Å². The van der Waals surface area contributed by atoms with E-state index in [0.29, 0.717) is 67.7 Å². The van der Waals surface area contributed by atoms with E-state index in [1.165, 1.54) is 27.4 Å². The van der Waals surface area contributed by atoms with E-state index >= 15 is 0 Å². The second-order valence-corrected chi connectivity index (χ2v) is 13.4. The number of phenols is 2. The predicted molar refractivity (Wildman–Crippen MR) is 201 cm³/mol. The molecule has 0 spiro atoms. The van der Waals surface area contributed by atoms with Crippen molar-refractivity contribution >= 4 is 35.3 Å². The van der Waals surface area contributed by atoms with Gasteiger partial charge in [0.05, 0.1) is 40.5 Å². The van der Waals surface area contributed by atoms with Crippen LogP contribution in [0.3, 0.4) is 0 Å². The van der Waals surface area contributed by atoms with Gasteiger partial charge in [-0.2, -0.15) is 0 Å². The number of carbonyl (C=O) groups is 4. The molecule has 2 heterocycles. The molecule has 0 fully saturated rings. The van der Waals surface area contributed by atoms with Crippen LogP contribution in [0.1, 0.15) is 103 Å². The molecule has 13 nitrogen and oxygen atoms in total. The molecule has 0 aromatic heterocycles. The highest BCUT2D eigenvalue weighted by Gasteiger charge is 2.33. The molecule has 0 radical (unpaired) electrons. The SMILES string of the molecule is COc1ccc2c(c1)C(CCNC(=O)CC(c1cc(OC)c(OC)c(OC)c1)c1c(O)cc3c(c1O)C(=O)OC(C)CCCC(=O)CCCC=C3)C(=O)N2. The molecule has 3 atom stereocenters. The minimum atomic E-state index is -1.04. The summed E-state index contributed by atoms with van der Waals surface area (Å²) in [5.41, 5.74) is 1.83. The second-order valence-electron chi connectivity index (χ2n) is 13.4. The van der Waals surface area contributed by atoms with Gasteiger partial charge in [-0.15, -0.1) is 0 Å². The van der Waals surface area contributed by atoms with Crippen LogP contribution in [-0.4, -0.2) is 74.9 Å². The van der Waals surface area contributed by atoms with Crippen LogP contribution in [0.15, 0.2) is 42.5 Å². The number of benzene rings is 3. The van der Waals surface area contributed by atoms with E-state index in [4.69, 9.17) is 23.7 Å². The van der Waals surface area contributed by atoms with Crippen LogP contribution in [-0.2, 0) is 19.1 Å². The Morgan fingerprint density at radius 3 is 2.37 bits per heavy atom. The number of ether oxygens (including phenoxy) is 5. The van der Waals surface area contributed by atoms with Crippen LogP contribution < -0.4 is 29.6 Å². The number of phenolic OH excluding ortho intramolecular Hbond substituents is 2. The molecule has 3 unspecified atom stereocenters. The zero-order valence-electron chi connectivity index (χ0n) is 31.3. The molecule has 2 aliphatic rings. The van der Waals surface area contributed by atoms with E-state index in [1.807, 2.05) is 0 Å². The number of rotatable bonds is 11. The van der Waals surface area contributed by atoms with E-state index in [9.17, 15) is 29.4 Å². The number of methoxy groups -OCH3 is 4. The van der Waals surface area contributed by atoms with Gasteiger partial charge in [0.1, 0.15) is 28.6 Å². The van der Waals surface area contributed by atoms with Gasteiger partial charge in [-0.05, 0) is 92.1 Å². The summed E-state index contributed by atoms with van der Waals surface area (Å²) in [6.07, 6.45) is 5.79. The number of carbonyl (C=O) groups excluding carboxylic acids is 4. The molecule has 0 saturated heterocycles. The largest absolute Gasteiger partial charge is 0.507 e. The highest BCUT2D eigenvalue weighted by Crippen LogP contribution is 2.48. The predicted octanol–water partition coefficient (Wildman–Crippen LogP) is 6.38.